The van der Waals surface area contributed by atoms with Crippen LogP contribution in [0.15, 0.2) is 18.2 Å². The number of rotatable bonds is 3. The van der Waals surface area contributed by atoms with E-state index in [0.717, 1.165) is 5.69 Å². The van der Waals surface area contributed by atoms with Crippen molar-refractivity contribution in [2.75, 3.05) is 12.8 Å². The second-order valence-corrected chi connectivity index (χ2v) is 2.60. The molecule has 0 radical (unpaired) electrons. The second kappa shape index (κ2) is 4.87. The fourth-order valence-electron chi connectivity index (χ4n) is 0.954. The molecular weight excluding hydrogens is 178 g/mol. The molecule has 1 aromatic heterocycles. The van der Waals surface area contributed by atoms with Gasteiger partial charge in [0.15, 0.2) is 0 Å². The Morgan fingerprint density at radius 1 is 1.64 bits per heavy atom. The molecule has 0 saturated heterocycles. The maximum Gasteiger partial charge on any atom is 0.237 e. The number of nitriles is 1. The van der Waals surface area contributed by atoms with Crippen LogP contribution in [-0.4, -0.2) is 12.1 Å². The van der Waals surface area contributed by atoms with Gasteiger partial charge in [0.05, 0.1) is 31.0 Å². The molecule has 4 nitrogen and oxygen atoms in total. The molecule has 1 rings (SSSR count). The molecule has 0 unspecified atom stereocenters. The van der Waals surface area contributed by atoms with Crippen LogP contribution in [0.2, 0.25) is 0 Å². The maximum atomic E-state index is 8.32. The first-order valence-electron chi connectivity index (χ1n) is 4.12. The number of nitrogen functional groups attached to an aromatic ring is 1. The van der Waals surface area contributed by atoms with Gasteiger partial charge < -0.3 is 10.5 Å². The quantitative estimate of drug-likeness (QED) is 0.783. The molecule has 0 aliphatic carbocycles. The van der Waals surface area contributed by atoms with Gasteiger partial charge in [0.2, 0.25) is 5.88 Å². The predicted molar refractivity (Wildman–Crippen MR) is 54.5 cm³/mol. The Hall–Kier alpha value is -2.02. The number of aromatic nitrogens is 1. The van der Waals surface area contributed by atoms with Gasteiger partial charge in [-0.2, -0.15) is 5.26 Å². The lowest BCUT2D eigenvalue weighted by atomic mass is 10.3. The minimum Gasteiger partial charge on any atom is -0.480 e. The van der Waals surface area contributed by atoms with Gasteiger partial charge in [0.25, 0.3) is 0 Å². The number of hydrogen-bond acceptors (Lipinski definition) is 4. The number of anilines is 1. The van der Waals surface area contributed by atoms with Crippen molar-refractivity contribution in [3.8, 4) is 11.9 Å². The summed E-state index contributed by atoms with van der Waals surface area (Å²) in [6.45, 7) is 0. The smallest absolute Gasteiger partial charge is 0.237 e. The van der Waals surface area contributed by atoms with Crippen LogP contribution < -0.4 is 10.5 Å². The molecule has 2 N–H and O–H groups in total. The molecule has 4 heteroatoms. The van der Waals surface area contributed by atoms with E-state index in [0.29, 0.717) is 18.0 Å². The van der Waals surface area contributed by atoms with Gasteiger partial charge in [-0.1, -0.05) is 6.08 Å². The predicted octanol–water partition coefficient (Wildman–Crippen LogP) is 1.60. The van der Waals surface area contributed by atoms with Gasteiger partial charge >= 0.3 is 0 Å². The van der Waals surface area contributed by atoms with Crippen molar-refractivity contribution < 1.29 is 4.74 Å². The summed E-state index contributed by atoms with van der Waals surface area (Å²) in [6, 6.07) is 5.50. The van der Waals surface area contributed by atoms with Gasteiger partial charge in [0, 0.05) is 0 Å². The van der Waals surface area contributed by atoms with Crippen LogP contribution in [0.5, 0.6) is 5.88 Å². The zero-order chi connectivity index (χ0) is 10.4. The number of hydrogen-bond donors (Lipinski definition) is 1. The zero-order valence-electron chi connectivity index (χ0n) is 7.90. The highest BCUT2D eigenvalue weighted by atomic mass is 16.5. The van der Waals surface area contributed by atoms with Crippen molar-refractivity contribution in [3.63, 3.8) is 0 Å². The monoisotopic (exact) mass is 189 g/mol. The highest BCUT2D eigenvalue weighted by Crippen LogP contribution is 2.18. The summed E-state index contributed by atoms with van der Waals surface area (Å²) in [5, 5.41) is 8.32. The standard InChI is InChI=1S/C10H11N3O/c1-14-10-9(12)6-5-8(13-10)4-2-3-7-11/h2,4-6H,3,12H2,1H3. The first kappa shape index (κ1) is 10.1. The summed E-state index contributed by atoms with van der Waals surface area (Å²) in [7, 11) is 1.52. The third-order valence-corrected chi connectivity index (χ3v) is 1.60. The van der Waals surface area contributed by atoms with Gasteiger partial charge in [-0.05, 0) is 18.2 Å². The fourth-order valence-corrected chi connectivity index (χ4v) is 0.954. The van der Waals surface area contributed by atoms with Gasteiger partial charge in [-0.25, -0.2) is 4.98 Å². The fraction of sp³-hybridized carbons (Fsp3) is 0.200. The van der Waals surface area contributed by atoms with Crippen molar-refractivity contribution >= 4 is 11.8 Å². The van der Waals surface area contributed by atoms with E-state index in [1.54, 1.807) is 24.3 Å². The zero-order valence-corrected chi connectivity index (χ0v) is 7.90. The van der Waals surface area contributed by atoms with E-state index in [-0.39, 0.29) is 0 Å². The van der Waals surface area contributed by atoms with Crippen LogP contribution in [0.1, 0.15) is 12.1 Å². The summed E-state index contributed by atoms with van der Waals surface area (Å²) < 4.78 is 4.96. The summed E-state index contributed by atoms with van der Waals surface area (Å²) in [4.78, 5) is 4.12. The molecule has 72 valence electrons. The van der Waals surface area contributed by atoms with Crippen LogP contribution in [0.4, 0.5) is 5.69 Å². The number of nitrogens with two attached hydrogens (primary N) is 1. The number of pyridine rings is 1. The molecule has 0 spiro atoms. The van der Waals surface area contributed by atoms with E-state index in [4.69, 9.17) is 15.7 Å². The van der Waals surface area contributed by atoms with Crippen molar-refractivity contribution in [1.82, 2.24) is 4.98 Å². The molecule has 1 aromatic rings. The molecular formula is C10H11N3O. The van der Waals surface area contributed by atoms with E-state index in [1.807, 2.05) is 6.07 Å². The average Bonchev–Trinajstić information content (AvgIpc) is 2.21. The van der Waals surface area contributed by atoms with Crippen LogP contribution >= 0.6 is 0 Å². The minimum atomic E-state index is 0.369. The van der Waals surface area contributed by atoms with E-state index in [1.165, 1.54) is 7.11 Å². The second-order valence-electron chi connectivity index (χ2n) is 2.60. The Morgan fingerprint density at radius 3 is 3.07 bits per heavy atom. The lowest BCUT2D eigenvalue weighted by molar-refractivity contribution is 0.400. The Bertz CT molecular complexity index is 379. The Labute approximate surface area is 82.6 Å². The number of nitrogens with zero attached hydrogens (tertiary/aromatic N) is 2. The summed E-state index contributed by atoms with van der Waals surface area (Å²) in [5.41, 5.74) is 6.82. The largest absolute Gasteiger partial charge is 0.480 e. The molecule has 0 aliphatic heterocycles. The third-order valence-electron chi connectivity index (χ3n) is 1.60. The van der Waals surface area contributed by atoms with Crippen molar-refractivity contribution in [3.05, 3.63) is 23.9 Å². The van der Waals surface area contributed by atoms with Gasteiger partial charge in [-0.15, -0.1) is 0 Å². The molecule has 0 aromatic carbocycles. The highest BCUT2D eigenvalue weighted by Gasteiger charge is 1.99. The number of allylic oxidation sites excluding steroid dienone is 1. The lowest BCUT2D eigenvalue weighted by Gasteiger charge is -2.02. The van der Waals surface area contributed by atoms with Crippen LogP contribution in [-0.2, 0) is 0 Å². The third kappa shape index (κ3) is 2.49. The lowest BCUT2D eigenvalue weighted by Crippen LogP contribution is -1.95. The van der Waals surface area contributed by atoms with E-state index >= 15 is 0 Å². The molecule has 0 saturated carbocycles. The number of methoxy groups -OCH3 is 1. The summed E-state index contributed by atoms with van der Waals surface area (Å²) in [6.07, 6.45) is 3.86. The molecule has 14 heavy (non-hydrogen) atoms. The van der Waals surface area contributed by atoms with Crippen LogP contribution in [0.3, 0.4) is 0 Å². The molecule has 0 aliphatic rings. The Morgan fingerprint density at radius 2 is 2.43 bits per heavy atom. The van der Waals surface area contributed by atoms with Gasteiger partial charge in [-0.3, -0.25) is 0 Å². The van der Waals surface area contributed by atoms with E-state index in [9.17, 15) is 0 Å². The maximum absolute atomic E-state index is 8.32. The SMILES string of the molecule is COc1nc(C=CCC#N)ccc1N. The van der Waals surface area contributed by atoms with Crippen LogP contribution in [0.25, 0.3) is 6.08 Å². The number of ether oxygens (including phenoxy) is 1. The first-order chi connectivity index (χ1) is 6.77. The minimum absolute atomic E-state index is 0.369. The Kier molecular flexibility index (Phi) is 3.50. The summed E-state index contributed by atoms with van der Waals surface area (Å²) in [5.74, 6) is 0.407. The van der Waals surface area contributed by atoms with Crippen molar-refractivity contribution in [1.29, 1.82) is 5.26 Å². The molecule has 0 bridgehead atoms. The Balaban J connectivity index is 2.85. The topological polar surface area (TPSA) is 71.9 Å². The summed E-state index contributed by atoms with van der Waals surface area (Å²) >= 11 is 0. The van der Waals surface area contributed by atoms with Gasteiger partial charge in [0.1, 0.15) is 0 Å². The van der Waals surface area contributed by atoms with E-state index < -0.39 is 0 Å². The van der Waals surface area contributed by atoms with E-state index in [2.05, 4.69) is 4.98 Å². The normalized spacial score (nSPS) is 10.0. The highest BCUT2D eigenvalue weighted by molar-refractivity contribution is 5.54. The first-order valence-corrected chi connectivity index (χ1v) is 4.12. The van der Waals surface area contributed by atoms with Crippen LogP contribution in [0, 0.1) is 11.3 Å². The van der Waals surface area contributed by atoms with Crippen molar-refractivity contribution in [2.24, 2.45) is 0 Å². The molecule has 0 fully saturated rings. The van der Waals surface area contributed by atoms with Crippen molar-refractivity contribution in [2.45, 2.75) is 6.42 Å². The molecule has 0 amide bonds. The average molecular weight is 189 g/mol. The molecule has 0 atom stereocenters. The molecule has 1 heterocycles.